The van der Waals surface area contributed by atoms with Crippen molar-refractivity contribution in [3.8, 4) is 0 Å². The van der Waals surface area contributed by atoms with Crippen LogP contribution < -0.4 is 10.2 Å². The Kier molecular flexibility index (Phi) is 4.20. The van der Waals surface area contributed by atoms with Gasteiger partial charge < -0.3 is 10.2 Å². The second-order valence-corrected chi connectivity index (χ2v) is 5.33. The van der Waals surface area contributed by atoms with Gasteiger partial charge in [0.1, 0.15) is 6.04 Å². The van der Waals surface area contributed by atoms with Crippen LogP contribution in [0.2, 0.25) is 0 Å². The van der Waals surface area contributed by atoms with Crippen LogP contribution in [0.1, 0.15) is 26.7 Å². The number of rotatable bonds is 4. The number of nitrogens with one attached hydrogen (secondary N) is 1. The summed E-state index contributed by atoms with van der Waals surface area (Å²) in [5.74, 6) is 0.258. The van der Waals surface area contributed by atoms with E-state index in [1.54, 1.807) is 4.90 Å². The first-order chi connectivity index (χ1) is 9.08. The normalized spacial score (nSPS) is 19.0. The molecule has 1 aliphatic heterocycles. The smallest absolute Gasteiger partial charge is 0.249 e. The van der Waals surface area contributed by atoms with Gasteiger partial charge in [0.25, 0.3) is 0 Å². The van der Waals surface area contributed by atoms with Gasteiger partial charge in [-0.2, -0.15) is 0 Å². The van der Waals surface area contributed by atoms with Crippen LogP contribution in [0.3, 0.4) is 0 Å². The van der Waals surface area contributed by atoms with E-state index in [4.69, 9.17) is 0 Å². The number of benzene rings is 1. The minimum atomic E-state index is -0.369. The summed E-state index contributed by atoms with van der Waals surface area (Å²) < 4.78 is 0. The quantitative estimate of drug-likeness (QED) is 0.899. The van der Waals surface area contributed by atoms with Gasteiger partial charge in [0.15, 0.2) is 0 Å². The molecule has 0 unspecified atom stereocenters. The Morgan fingerprint density at radius 3 is 2.68 bits per heavy atom. The molecule has 4 heteroatoms. The average molecular weight is 260 g/mol. The van der Waals surface area contributed by atoms with Crippen molar-refractivity contribution in [2.45, 2.75) is 32.7 Å². The zero-order chi connectivity index (χ0) is 13.8. The van der Waals surface area contributed by atoms with Crippen molar-refractivity contribution in [3.63, 3.8) is 0 Å². The SMILES string of the molecule is CC(C)CC(=O)N[C@H]1CCN(c2ccccc2)C1=O. The number of carbonyl (C=O) groups excluding carboxylic acids is 2. The molecule has 102 valence electrons. The lowest BCUT2D eigenvalue weighted by Crippen LogP contribution is -2.41. The standard InChI is InChI=1S/C15H20N2O2/c1-11(2)10-14(18)16-13-8-9-17(15(13)19)12-6-4-3-5-7-12/h3-7,11,13H,8-10H2,1-2H3,(H,16,18)/t13-/m0/s1. The molecule has 0 bridgehead atoms. The molecule has 0 aromatic heterocycles. The highest BCUT2D eigenvalue weighted by Crippen LogP contribution is 2.21. The van der Waals surface area contributed by atoms with Crippen LogP contribution in [0.4, 0.5) is 5.69 Å². The fourth-order valence-electron chi connectivity index (χ4n) is 2.30. The third kappa shape index (κ3) is 3.34. The number of nitrogens with zero attached hydrogens (tertiary/aromatic N) is 1. The first-order valence-electron chi connectivity index (χ1n) is 6.73. The fraction of sp³-hybridized carbons (Fsp3) is 0.467. The average Bonchev–Trinajstić information content (AvgIpc) is 2.71. The maximum Gasteiger partial charge on any atom is 0.249 e. The summed E-state index contributed by atoms with van der Waals surface area (Å²) in [5.41, 5.74) is 0.896. The molecule has 1 fully saturated rings. The van der Waals surface area contributed by atoms with Gasteiger partial charge >= 0.3 is 0 Å². The molecular weight excluding hydrogens is 240 g/mol. The maximum atomic E-state index is 12.2. The molecule has 0 saturated carbocycles. The topological polar surface area (TPSA) is 49.4 Å². The summed E-state index contributed by atoms with van der Waals surface area (Å²) in [6, 6.07) is 9.20. The van der Waals surface area contributed by atoms with Gasteiger partial charge in [0.2, 0.25) is 11.8 Å². The third-order valence-corrected chi connectivity index (χ3v) is 3.20. The predicted octanol–water partition coefficient (Wildman–Crippen LogP) is 1.95. The number of hydrogen-bond acceptors (Lipinski definition) is 2. The molecule has 4 nitrogen and oxygen atoms in total. The monoisotopic (exact) mass is 260 g/mol. The van der Waals surface area contributed by atoms with E-state index in [2.05, 4.69) is 5.32 Å². The molecule has 2 rings (SSSR count). The molecule has 1 atom stereocenters. The lowest BCUT2D eigenvalue weighted by Gasteiger charge is -2.17. The van der Waals surface area contributed by atoms with E-state index in [9.17, 15) is 9.59 Å². The molecule has 0 spiro atoms. The minimum absolute atomic E-state index is 0.0108. The summed E-state index contributed by atoms with van der Waals surface area (Å²) in [7, 11) is 0. The highest BCUT2D eigenvalue weighted by Gasteiger charge is 2.33. The Labute approximate surface area is 113 Å². The predicted molar refractivity (Wildman–Crippen MR) is 74.8 cm³/mol. The molecule has 0 aliphatic carbocycles. The summed E-state index contributed by atoms with van der Waals surface area (Å²) in [4.78, 5) is 25.7. The first kappa shape index (κ1) is 13.6. The van der Waals surface area contributed by atoms with E-state index in [0.717, 1.165) is 5.69 Å². The van der Waals surface area contributed by atoms with E-state index in [0.29, 0.717) is 25.3 Å². The van der Waals surface area contributed by atoms with Gasteiger partial charge in [0.05, 0.1) is 0 Å². The van der Waals surface area contributed by atoms with Crippen molar-refractivity contribution in [1.82, 2.24) is 5.32 Å². The Morgan fingerprint density at radius 2 is 2.05 bits per heavy atom. The first-order valence-corrected chi connectivity index (χ1v) is 6.73. The van der Waals surface area contributed by atoms with Gasteiger partial charge in [-0.15, -0.1) is 0 Å². The summed E-state index contributed by atoms with van der Waals surface area (Å²) in [5, 5.41) is 2.83. The number of carbonyl (C=O) groups is 2. The molecule has 1 aromatic carbocycles. The van der Waals surface area contributed by atoms with Crippen LogP contribution in [0.25, 0.3) is 0 Å². The van der Waals surface area contributed by atoms with Crippen LogP contribution >= 0.6 is 0 Å². The fourth-order valence-corrected chi connectivity index (χ4v) is 2.30. The minimum Gasteiger partial charge on any atom is -0.344 e. The lowest BCUT2D eigenvalue weighted by molar-refractivity contribution is -0.126. The van der Waals surface area contributed by atoms with E-state index < -0.39 is 0 Å². The van der Waals surface area contributed by atoms with Crippen LogP contribution in [-0.4, -0.2) is 24.4 Å². The molecule has 2 amide bonds. The zero-order valence-corrected chi connectivity index (χ0v) is 11.4. The van der Waals surface area contributed by atoms with Crippen molar-refractivity contribution < 1.29 is 9.59 Å². The molecule has 19 heavy (non-hydrogen) atoms. The molecular formula is C15H20N2O2. The largest absolute Gasteiger partial charge is 0.344 e. The van der Waals surface area contributed by atoms with E-state index in [-0.39, 0.29) is 17.9 Å². The summed E-state index contributed by atoms with van der Waals surface area (Å²) >= 11 is 0. The van der Waals surface area contributed by atoms with E-state index in [1.165, 1.54) is 0 Å². The van der Waals surface area contributed by atoms with Crippen LogP contribution in [0, 0.1) is 5.92 Å². The number of anilines is 1. The van der Waals surface area contributed by atoms with Crippen LogP contribution in [-0.2, 0) is 9.59 Å². The van der Waals surface area contributed by atoms with Crippen molar-refractivity contribution in [3.05, 3.63) is 30.3 Å². The third-order valence-electron chi connectivity index (χ3n) is 3.20. The van der Waals surface area contributed by atoms with Crippen LogP contribution in [0.5, 0.6) is 0 Å². The summed E-state index contributed by atoms with van der Waals surface area (Å²) in [6.45, 7) is 4.65. The number of hydrogen-bond donors (Lipinski definition) is 1. The molecule has 1 aromatic rings. The molecule has 0 radical (unpaired) electrons. The van der Waals surface area contributed by atoms with Crippen LogP contribution in [0.15, 0.2) is 30.3 Å². The molecule has 1 heterocycles. The van der Waals surface area contributed by atoms with Gasteiger partial charge in [0, 0.05) is 18.7 Å². The molecule has 1 N–H and O–H groups in total. The Morgan fingerprint density at radius 1 is 1.37 bits per heavy atom. The maximum absolute atomic E-state index is 12.2. The second-order valence-electron chi connectivity index (χ2n) is 5.33. The highest BCUT2D eigenvalue weighted by molar-refractivity contribution is 6.01. The van der Waals surface area contributed by atoms with Crippen molar-refractivity contribution in [1.29, 1.82) is 0 Å². The van der Waals surface area contributed by atoms with Gasteiger partial charge in [-0.1, -0.05) is 32.0 Å². The Bertz CT molecular complexity index is 456. The van der Waals surface area contributed by atoms with Crippen molar-refractivity contribution >= 4 is 17.5 Å². The van der Waals surface area contributed by atoms with E-state index >= 15 is 0 Å². The Balaban J connectivity index is 1.97. The highest BCUT2D eigenvalue weighted by atomic mass is 16.2. The van der Waals surface area contributed by atoms with Crippen molar-refractivity contribution in [2.24, 2.45) is 5.92 Å². The Hall–Kier alpha value is -1.84. The summed E-state index contributed by atoms with van der Waals surface area (Å²) in [6.07, 6.45) is 1.15. The van der Waals surface area contributed by atoms with Crippen molar-refractivity contribution in [2.75, 3.05) is 11.4 Å². The number of amides is 2. The van der Waals surface area contributed by atoms with Gasteiger partial charge in [-0.05, 0) is 24.5 Å². The zero-order valence-electron chi connectivity index (χ0n) is 11.4. The molecule has 1 aliphatic rings. The van der Waals surface area contributed by atoms with E-state index in [1.807, 2.05) is 44.2 Å². The van der Waals surface area contributed by atoms with Gasteiger partial charge in [-0.3, -0.25) is 9.59 Å². The van der Waals surface area contributed by atoms with Gasteiger partial charge in [-0.25, -0.2) is 0 Å². The second kappa shape index (κ2) is 5.87. The molecule has 1 saturated heterocycles. The number of para-hydroxylation sites is 1. The lowest BCUT2D eigenvalue weighted by atomic mass is 10.1.